The van der Waals surface area contributed by atoms with Crippen LogP contribution in [0.15, 0.2) is 66.2 Å². The molecule has 0 unspecified atom stereocenters. The van der Waals surface area contributed by atoms with Crippen molar-refractivity contribution in [1.82, 2.24) is 5.32 Å². The third-order valence-corrected chi connectivity index (χ3v) is 6.04. The van der Waals surface area contributed by atoms with E-state index in [0.717, 1.165) is 16.0 Å². The number of hydrogen-bond acceptors (Lipinski definition) is 4. The number of benzene rings is 3. The minimum Gasteiger partial charge on any atom is -0.487 e. The molecule has 0 radical (unpaired) electrons. The quantitative estimate of drug-likeness (QED) is 0.324. The molecule has 4 amide bonds. The van der Waals surface area contributed by atoms with Crippen LogP contribution in [-0.4, -0.2) is 17.8 Å². The maximum Gasteiger partial charge on any atom is 0.335 e. The van der Waals surface area contributed by atoms with Crippen LogP contribution in [0.25, 0.3) is 6.08 Å². The number of ether oxygens (including phenoxy) is 1. The van der Waals surface area contributed by atoms with Crippen LogP contribution in [0.5, 0.6) is 5.75 Å². The van der Waals surface area contributed by atoms with E-state index in [1.807, 2.05) is 13.0 Å². The Kier molecular flexibility index (Phi) is 6.93. The third-order valence-electron chi connectivity index (χ3n) is 5.01. The van der Waals surface area contributed by atoms with Crippen LogP contribution in [0, 0.1) is 6.92 Å². The van der Waals surface area contributed by atoms with E-state index in [1.165, 1.54) is 6.08 Å². The molecule has 1 fully saturated rings. The van der Waals surface area contributed by atoms with Gasteiger partial charge in [0.15, 0.2) is 0 Å². The summed E-state index contributed by atoms with van der Waals surface area (Å²) in [7, 11) is 0. The number of halogens is 3. The average Bonchev–Trinajstić information content (AvgIpc) is 2.78. The van der Waals surface area contributed by atoms with Crippen LogP contribution in [0.2, 0.25) is 15.1 Å². The monoisotopic (exact) mass is 514 g/mol. The Morgan fingerprint density at radius 3 is 2.41 bits per heavy atom. The van der Waals surface area contributed by atoms with Gasteiger partial charge in [-0.25, -0.2) is 9.69 Å². The number of hydrogen-bond donors (Lipinski definition) is 1. The summed E-state index contributed by atoms with van der Waals surface area (Å²) in [5.74, 6) is -1.10. The molecule has 0 spiro atoms. The molecule has 1 aliphatic heterocycles. The molecule has 0 saturated carbocycles. The number of rotatable bonds is 5. The lowest BCUT2D eigenvalue weighted by molar-refractivity contribution is -0.122. The number of nitrogens with one attached hydrogen (secondary N) is 1. The second kappa shape index (κ2) is 9.89. The zero-order valence-electron chi connectivity index (χ0n) is 17.8. The summed E-state index contributed by atoms with van der Waals surface area (Å²) in [6, 6.07) is 16.1. The van der Waals surface area contributed by atoms with Gasteiger partial charge in [0.05, 0.1) is 20.8 Å². The van der Waals surface area contributed by atoms with Crippen LogP contribution < -0.4 is 15.0 Å². The predicted molar refractivity (Wildman–Crippen MR) is 132 cm³/mol. The molecule has 34 heavy (non-hydrogen) atoms. The number of urea groups is 1. The summed E-state index contributed by atoms with van der Waals surface area (Å²) in [6.07, 6.45) is 1.38. The van der Waals surface area contributed by atoms with Crippen molar-refractivity contribution < 1.29 is 19.1 Å². The van der Waals surface area contributed by atoms with Gasteiger partial charge in [-0.05, 0) is 66.1 Å². The van der Waals surface area contributed by atoms with Gasteiger partial charge in [0.1, 0.15) is 17.9 Å². The van der Waals surface area contributed by atoms with E-state index in [2.05, 4.69) is 5.32 Å². The molecule has 0 aromatic heterocycles. The minimum atomic E-state index is -0.804. The highest BCUT2D eigenvalue weighted by Crippen LogP contribution is 2.29. The van der Waals surface area contributed by atoms with Gasteiger partial charge in [-0.1, -0.05) is 59.1 Å². The number of nitrogens with zero attached hydrogens (tertiary/aromatic N) is 1. The van der Waals surface area contributed by atoms with E-state index in [4.69, 9.17) is 39.5 Å². The summed E-state index contributed by atoms with van der Waals surface area (Å²) >= 11 is 18.3. The van der Waals surface area contributed by atoms with Crippen molar-refractivity contribution in [2.24, 2.45) is 0 Å². The van der Waals surface area contributed by atoms with E-state index in [9.17, 15) is 14.4 Å². The molecule has 172 valence electrons. The molecule has 1 N–H and O–H groups in total. The van der Waals surface area contributed by atoms with Crippen LogP contribution in [0.3, 0.4) is 0 Å². The number of amides is 4. The van der Waals surface area contributed by atoms with E-state index in [0.29, 0.717) is 27.0 Å². The molecule has 6 nitrogen and oxygen atoms in total. The fourth-order valence-electron chi connectivity index (χ4n) is 3.34. The number of anilines is 1. The maximum absolute atomic E-state index is 13.0. The van der Waals surface area contributed by atoms with Gasteiger partial charge in [-0.2, -0.15) is 0 Å². The summed E-state index contributed by atoms with van der Waals surface area (Å²) in [5.41, 5.74) is 2.33. The van der Waals surface area contributed by atoms with Crippen molar-refractivity contribution >= 4 is 64.4 Å². The third kappa shape index (κ3) is 5.09. The smallest absolute Gasteiger partial charge is 0.335 e. The Morgan fingerprint density at radius 2 is 1.71 bits per heavy atom. The number of aryl methyl sites for hydroxylation is 1. The lowest BCUT2D eigenvalue weighted by atomic mass is 10.1. The van der Waals surface area contributed by atoms with Crippen LogP contribution in [0.4, 0.5) is 10.5 Å². The summed E-state index contributed by atoms with van der Waals surface area (Å²) in [6.45, 7) is 2.05. The van der Waals surface area contributed by atoms with Crippen molar-refractivity contribution in [2.45, 2.75) is 13.5 Å². The van der Waals surface area contributed by atoms with Crippen LogP contribution in [0.1, 0.15) is 16.7 Å². The first-order chi connectivity index (χ1) is 16.2. The lowest BCUT2D eigenvalue weighted by Gasteiger charge is -2.26. The Bertz CT molecular complexity index is 1350. The molecule has 1 aliphatic rings. The first kappa shape index (κ1) is 23.8. The summed E-state index contributed by atoms with van der Waals surface area (Å²) in [4.78, 5) is 38.7. The SMILES string of the molecule is Cc1cccc(N2C(=O)NC(=O)/C(=C\c3ccc(OCc4ccc(Cl)c(Cl)c4)c(Cl)c3)C2=O)c1. The van der Waals surface area contributed by atoms with E-state index in [-0.39, 0.29) is 17.2 Å². The first-order valence-corrected chi connectivity index (χ1v) is 11.2. The first-order valence-electron chi connectivity index (χ1n) is 10.1. The molecule has 1 saturated heterocycles. The molecular weight excluding hydrogens is 499 g/mol. The van der Waals surface area contributed by atoms with Gasteiger partial charge >= 0.3 is 6.03 Å². The fourth-order valence-corrected chi connectivity index (χ4v) is 3.90. The van der Waals surface area contributed by atoms with Gasteiger partial charge in [0.2, 0.25) is 0 Å². The molecule has 1 heterocycles. The Hall–Kier alpha value is -3.32. The molecule has 0 aliphatic carbocycles. The van der Waals surface area contributed by atoms with E-state index in [1.54, 1.807) is 54.6 Å². The normalized spacial score (nSPS) is 15.0. The molecule has 3 aromatic rings. The zero-order chi connectivity index (χ0) is 24.4. The zero-order valence-corrected chi connectivity index (χ0v) is 20.0. The Balaban J connectivity index is 1.55. The van der Waals surface area contributed by atoms with Crippen LogP contribution in [-0.2, 0) is 16.2 Å². The predicted octanol–water partition coefficient (Wildman–Crippen LogP) is 6.20. The lowest BCUT2D eigenvalue weighted by Crippen LogP contribution is -2.54. The Labute approximate surface area is 210 Å². The second-order valence-corrected chi connectivity index (χ2v) is 8.75. The highest BCUT2D eigenvalue weighted by molar-refractivity contribution is 6.42. The topological polar surface area (TPSA) is 75.7 Å². The fraction of sp³-hybridized carbons (Fsp3) is 0.0800. The van der Waals surface area contributed by atoms with Gasteiger partial charge in [-0.15, -0.1) is 0 Å². The van der Waals surface area contributed by atoms with E-state index >= 15 is 0 Å². The molecule has 9 heteroatoms. The van der Waals surface area contributed by atoms with Crippen molar-refractivity contribution in [2.75, 3.05) is 4.90 Å². The Morgan fingerprint density at radius 1 is 0.912 bits per heavy atom. The van der Waals surface area contributed by atoms with Crippen molar-refractivity contribution in [3.63, 3.8) is 0 Å². The standard InChI is InChI=1S/C25H17Cl3N2O4/c1-14-3-2-4-17(9-14)30-24(32)18(23(31)29-25(30)33)10-15-6-8-22(21(28)11-15)34-13-16-5-7-19(26)20(27)12-16/h2-12H,13H2,1H3,(H,29,31,33)/b18-10+. The van der Waals surface area contributed by atoms with Crippen molar-refractivity contribution in [3.8, 4) is 5.75 Å². The average molecular weight is 516 g/mol. The maximum atomic E-state index is 13.0. The van der Waals surface area contributed by atoms with Crippen LogP contribution >= 0.6 is 34.8 Å². The highest BCUT2D eigenvalue weighted by Gasteiger charge is 2.36. The number of barbiturate groups is 1. The molecule has 4 rings (SSSR count). The molecule has 0 bridgehead atoms. The largest absolute Gasteiger partial charge is 0.487 e. The number of carbonyl (C=O) groups is 3. The number of imide groups is 2. The summed E-state index contributed by atoms with van der Waals surface area (Å²) < 4.78 is 5.75. The second-order valence-electron chi connectivity index (χ2n) is 7.52. The molecular formula is C25H17Cl3N2O4. The molecule has 3 aromatic carbocycles. The summed E-state index contributed by atoms with van der Waals surface area (Å²) in [5, 5.41) is 3.35. The van der Waals surface area contributed by atoms with Gasteiger partial charge in [0.25, 0.3) is 11.8 Å². The highest BCUT2D eigenvalue weighted by atomic mass is 35.5. The molecule has 0 atom stereocenters. The number of carbonyl (C=O) groups excluding carboxylic acids is 3. The van der Waals surface area contributed by atoms with Crippen molar-refractivity contribution in [1.29, 1.82) is 0 Å². The van der Waals surface area contributed by atoms with E-state index < -0.39 is 17.8 Å². The minimum absolute atomic E-state index is 0.193. The van der Waals surface area contributed by atoms with Gasteiger partial charge in [0, 0.05) is 0 Å². The van der Waals surface area contributed by atoms with Gasteiger partial charge in [-0.3, -0.25) is 14.9 Å². The van der Waals surface area contributed by atoms with Gasteiger partial charge < -0.3 is 4.74 Å². The van der Waals surface area contributed by atoms with Crippen molar-refractivity contribution in [3.05, 3.63) is 98.0 Å².